The summed E-state index contributed by atoms with van der Waals surface area (Å²) < 4.78 is 15.5. The Labute approximate surface area is 179 Å². The van der Waals surface area contributed by atoms with Crippen LogP contribution in [0.15, 0.2) is 53.5 Å². The minimum Gasteiger partial charge on any atom is -0.295 e. The average molecular weight is 414 g/mol. The SMILES string of the molecule is C[C@H]([C@H]1CC[C@@H](c2ccnc3ccc(F)cc32)CC1)n1[nH]c2ccc(C#N)cc2c1=O. The molecule has 0 radical (unpaired) electrons. The molecule has 1 aliphatic rings. The van der Waals surface area contributed by atoms with E-state index in [4.69, 9.17) is 5.26 Å². The second kappa shape index (κ2) is 7.66. The van der Waals surface area contributed by atoms with E-state index in [9.17, 15) is 9.18 Å². The maximum atomic E-state index is 13.8. The molecule has 1 atom stereocenters. The summed E-state index contributed by atoms with van der Waals surface area (Å²) in [4.78, 5) is 17.3. The van der Waals surface area contributed by atoms with E-state index in [1.54, 1.807) is 35.0 Å². The third kappa shape index (κ3) is 3.40. The first-order valence-electron chi connectivity index (χ1n) is 10.7. The number of pyridine rings is 1. The van der Waals surface area contributed by atoms with Gasteiger partial charge in [0.2, 0.25) is 0 Å². The van der Waals surface area contributed by atoms with Crippen LogP contribution in [-0.4, -0.2) is 14.8 Å². The number of nitrogens with one attached hydrogen (secondary N) is 1. The van der Waals surface area contributed by atoms with E-state index in [0.29, 0.717) is 22.8 Å². The van der Waals surface area contributed by atoms with Gasteiger partial charge in [-0.2, -0.15) is 5.26 Å². The largest absolute Gasteiger partial charge is 0.295 e. The first-order valence-corrected chi connectivity index (χ1v) is 10.7. The van der Waals surface area contributed by atoms with Crippen molar-refractivity contribution in [3.05, 3.63) is 76.0 Å². The molecule has 1 fully saturated rings. The van der Waals surface area contributed by atoms with Crippen molar-refractivity contribution in [2.75, 3.05) is 0 Å². The summed E-state index contributed by atoms with van der Waals surface area (Å²) in [6.45, 7) is 2.09. The van der Waals surface area contributed by atoms with E-state index in [1.807, 2.05) is 12.3 Å². The zero-order valence-corrected chi connectivity index (χ0v) is 17.3. The van der Waals surface area contributed by atoms with Gasteiger partial charge >= 0.3 is 0 Å². The van der Waals surface area contributed by atoms with Gasteiger partial charge in [-0.15, -0.1) is 0 Å². The van der Waals surface area contributed by atoms with Crippen molar-refractivity contribution < 1.29 is 4.39 Å². The average Bonchev–Trinajstić information content (AvgIpc) is 3.14. The predicted molar refractivity (Wildman–Crippen MR) is 118 cm³/mol. The molecule has 5 rings (SSSR count). The van der Waals surface area contributed by atoms with Gasteiger partial charge in [0, 0.05) is 11.6 Å². The molecule has 5 nitrogen and oxygen atoms in total. The van der Waals surface area contributed by atoms with Crippen LogP contribution in [0, 0.1) is 23.1 Å². The van der Waals surface area contributed by atoms with Crippen LogP contribution in [0.4, 0.5) is 4.39 Å². The summed E-state index contributed by atoms with van der Waals surface area (Å²) in [6, 6.07) is 14.1. The van der Waals surface area contributed by atoms with E-state index in [0.717, 1.165) is 42.1 Å². The van der Waals surface area contributed by atoms with Crippen LogP contribution in [0.1, 0.15) is 55.7 Å². The highest BCUT2D eigenvalue weighted by Gasteiger charge is 2.29. The molecular weight excluding hydrogens is 391 g/mol. The van der Waals surface area contributed by atoms with Crippen LogP contribution in [0.3, 0.4) is 0 Å². The van der Waals surface area contributed by atoms with Crippen molar-refractivity contribution in [1.29, 1.82) is 5.26 Å². The quantitative estimate of drug-likeness (QED) is 0.486. The normalized spacial score (nSPS) is 20.0. The number of fused-ring (bicyclic) bond motifs is 2. The van der Waals surface area contributed by atoms with Gasteiger partial charge < -0.3 is 0 Å². The Bertz CT molecular complexity index is 1370. The van der Waals surface area contributed by atoms with Gasteiger partial charge in [-0.25, -0.2) is 9.07 Å². The number of nitriles is 1. The second-order valence-electron chi connectivity index (χ2n) is 8.57. The number of nitrogens with zero attached hydrogens (tertiary/aromatic N) is 3. The van der Waals surface area contributed by atoms with Crippen LogP contribution in [0.2, 0.25) is 0 Å². The highest BCUT2D eigenvalue weighted by molar-refractivity contribution is 5.82. The lowest BCUT2D eigenvalue weighted by Gasteiger charge is -2.33. The summed E-state index contributed by atoms with van der Waals surface area (Å²) in [7, 11) is 0. The molecule has 0 amide bonds. The van der Waals surface area contributed by atoms with Gasteiger partial charge in [0.05, 0.1) is 34.1 Å². The molecule has 0 unspecified atom stereocenters. The van der Waals surface area contributed by atoms with Gasteiger partial charge in [0.25, 0.3) is 5.56 Å². The predicted octanol–water partition coefficient (Wildman–Crippen LogP) is 5.42. The Balaban J connectivity index is 1.37. The van der Waals surface area contributed by atoms with Crippen molar-refractivity contribution in [3.8, 4) is 6.07 Å². The Morgan fingerprint density at radius 3 is 2.71 bits per heavy atom. The molecule has 4 aromatic rings. The Hall–Kier alpha value is -3.46. The third-order valence-corrected chi connectivity index (χ3v) is 6.88. The van der Waals surface area contributed by atoms with Gasteiger partial charge in [-0.1, -0.05) is 0 Å². The minimum atomic E-state index is -0.234. The second-order valence-corrected chi connectivity index (χ2v) is 8.57. The van der Waals surface area contributed by atoms with Gasteiger partial charge in [-0.05, 0) is 92.5 Å². The van der Waals surface area contributed by atoms with Gasteiger partial charge in [0.1, 0.15) is 5.82 Å². The maximum absolute atomic E-state index is 13.8. The maximum Gasteiger partial charge on any atom is 0.274 e. The van der Waals surface area contributed by atoms with Crippen LogP contribution < -0.4 is 5.56 Å². The summed E-state index contributed by atoms with van der Waals surface area (Å²) in [6.07, 6.45) is 5.80. The van der Waals surface area contributed by atoms with Gasteiger partial charge in [0.15, 0.2) is 0 Å². The highest BCUT2D eigenvalue weighted by Crippen LogP contribution is 2.41. The number of halogens is 1. The van der Waals surface area contributed by atoms with Crippen LogP contribution in [0.25, 0.3) is 21.8 Å². The molecule has 1 aliphatic carbocycles. The van der Waals surface area contributed by atoms with Crippen molar-refractivity contribution in [2.45, 2.75) is 44.6 Å². The fourth-order valence-electron chi connectivity index (χ4n) is 5.10. The molecule has 2 heterocycles. The molecule has 0 aliphatic heterocycles. The lowest BCUT2D eigenvalue weighted by Crippen LogP contribution is -2.28. The number of benzene rings is 2. The molecule has 156 valence electrons. The zero-order chi connectivity index (χ0) is 21.5. The number of hydrogen-bond acceptors (Lipinski definition) is 3. The standard InChI is InChI=1S/C25H23FN4O/c1-15(30-25(31)22-12-16(14-27)2-8-24(22)29-30)17-3-5-18(6-4-17)20-10-11-28-23-9-7-19(26)13-21(20)23/h2,7-13,15,17-18,29H,3-6H2,1H3/t15-,17-,18+/m1/s1. The van der Waals surface area contributed by atoms with Crippen molar-refractivity contribution >= 4 is 21.8 Å². The Kier molecular flexibility index (Phi) is 4.82. The minimum absolute atomic E-state index is 0.0398. The smallest absolute Gasteiger partial charge is 0.274 e. The van der Waals surface area contributed by atoms with Crippen molar-refractivity contribution in [3.63, 3.8) is 0 Å². The summed E-state index contributed by atoms with van der Waals surface area (Å²) >= 11 is 0. The number of hydrogen-bond donors (Lipinski definition) is 1. The number of rotatable bonds is 3. The lowest BCUT2D eigenvalue weighted by atomic mass is 9.75. The van der Waals surface area contributed by atoms with Gasteiger partial charge in [-0.3, -0.25) is 14.9 Å². The van der Waals surface area contributed by atoms with E-state index >= 15 is 0 Å². The van der Waals surface area contributed by atoms with Crippen LogP contribution in [-0.2, 0) is 0 Å². The molecule has 0 saturated heterocycles. The van der Waals surface area contributed by atoms with E-state index in [-0.39, 0.29) is 17.4 Å². The number of H-pyrrole nitrogens is 1. The summed E-state index contributed by atoms with van der Waals surface area (Å²) in [5, 5.41) is 13.8. The fourth-order valence-corrected chi connectivity index (χ4v) is 5.10. The molecule has 0 bridgehead atoms. The molecule has 0 spiro atoms. The van der Waals surface area contributed by atoms with E-state index in [2.05, 4.69) is 23.1 Å². The fraction of sp³-hybridized carbons (Fsp3) is 0.320. The molecule has 1 saturated carbocycles. The first-order chi connectivity index (χ1) is 15.0. The first kappa shape index (κ1) is 19.5. The molecule has 31 heavy (non-hydrogen) atoms. The topological polar surface area (TPSA) is 74.5 Å². The Morgan fingerprint density at radius 2 is 1.94 bits per heavy atom. The molecule has 1 N–H and O–H groups in total. The summed E-state index contributed by atoms with van der Waals surface area (Å²) in [5.41, 5.74) is 3.18. The van der Waals surface area contributed by atoms with E-state index in [1.165, 1.54) is 11.6 Å². The lowest BCUT2D eigenvalue weighted by molar-refractivity contribution is 0.233. The van der Waals surface area contributed by atoms with Crippen molar-refractivity contribution in [1.82, 2.24) is 14.8 Å². The van der Waals surface area contributed by atoms with Crippen LogP contribution >= 0.6 is 0 Å². The number of aromatic nitrogens is 3. The highest BCUT2D eigenvalue weighted by atomic mass is 19.1. The molecular formula is C25H23FN4O. The monoisotopic (exact) mass is 414 g/mol. The summed E-state index contributed by atoms with van der Waals surface area (Å²) in [5.74, 6) is 0.512. The number of aromatic amines is 1. The Morgan fingerprint density at radius 1 is 1.13 bits per heavy atom. The third-order valence-electron chi connectivity index (χ3n) is 6.88. The molecule has 2 aromatic heterocycles. The van der Waals surface area contributed by atoms with Crippen LogP contribution in [0.5, 0.6) is 0 Å². The molecule has 2 aromatic carbocycles. The zero-order valence-electron chi connectivity index (χ0n) is 17.3. The van der Waals surface area contributed by atoms with E-state index < -0.39 is 0 Å². The van der Waals surface area contributed by atoms with Crippen molar-refractivity contribution in [2.24, 2.45) is 5.92 Å². The molecule has 6 heteroatoms.